The lowest BCUT2D eigenvalue weighted by molar-refractivity contribution is -0.786. The zero-order valence-electron chi connectivity index (χ0n) is 29.8. The van der Waals surface area contributed by atoms with Crippen LogP contribution in [0.1, 0.15) is 60.8 Å². The Morgan fingerprint density at radius 1 is 0.963 bits per heavy atom. The summed E-state index contributed by atoms with van der Waals surface area (Å²) in [5.41, 5.74) is 4.00. The molecule has 268 valence electrons. The molecule has 1 fully saturated rings. The van der Waals surface area contributed by atoms with Crippen LogP contribution in [0.2, 0.25) is 0 Å². The molecule has 1 amide bonds. The van der Waals surface area contributed by atoms with Crippen LogP contribution in [0.3, 0.4) is 0 Å². The number of pyridine rings is 4. The largest absolute Gasteiger partial charge is 0.499 e. The van der Waals surface area contributed by atoms with E-state index in [2.05, 4.69) is 41.0 Å². The molecule has 0 saturated carbocycles. The molecule has 1 saturated heterocycles. The first-order valence-electron chi connectivity index (χ1n) is 17.2. The highest BCUT2D eigenvalue weighted by Gasteiger charge is 2.60. The Kier molecular flexibility index (Phi) is 8.59. The Labute approximate surface area is 308 Å². The number of carbonyl (C=O) groups is 1. The highest BCUT2D eigenvalue weighted by molar-refractivity contribution is 6.62. The molecular weight excluding hydrogens is 688 g/mol. The number of nitrogens with zero attached hydrogens (tertiary/aromatic N) is 7. The minimum atomic E-state index is -0.984. The van der Waals surface area contributed by atoms with Gasteiger partial charge in [0.15, 0.2) is 5.65 Å². The Morgan fingerprint density at radius 3 is 2.54 bits per heavy atom. The van der Waals surface area contributed by atoms with E-state index in [-0.39, 0.29) is 16.9 Å². The number of nitriles is 1. The summed E-state index contributed by atoms with van der Waals surface area (Å²) in [7, 11) is -0.689. The average molecular weight is 723 g/mol. The molecule has 1 aromatic carbocycles. The second-order valence-electron chi connectivity index (χ2n) is 13.8. The molecular formula is C38H34BFN11O3+. The third-order valence-corrected chi connectivity index (χ3v) is 9.93. The summed E-state index contributed by atoms with van der Waals surface area (Å²) in [4.78, 5) is 27.0. The molecule has 4 N–H and O–H groups in total. The number of hydrogen-bond donors (Lipinski definition) is 4. The number of aromatic nitrogens is 8. The number of amides is 1. The van der Waals surface area contributed by atoms with Crippen molar-refractivity contribution < 1.29 is 23.1 Å². The molecule has 1 aliphatic heterocycles. The van der Waals surface area contributed by atoms with Crippen LogP contribution >= 0.6 is 0 Å². The Morgan fingerprint density at radius 2 is 1.76 bits per heavy atom. The lowest BCUT2D eigenvalue weighted by Gasteiger charge is -2.34. The topological polar surface area (TPSA) is 183 Å². The highest BCUT2D eigenvalue weighted by atomic mass is 19.1. The van der Waals surface area contributed by atoms with Crippen molar-refractivity contribution >= 4 is 46.4 Å². The Hall–Kier alpha value is -6.57. The van der Waals surface area contributed by atoms with Crippen LogP contribution < -0.4 is 20.7 Å². The molecule has 8 rings (SSSR count). The molecule has 0 spiro atoms. The third kappa shape index (κ3) is 6.29. The number of nitrogens with one attached hydrogen (secondary N) is 4. The summed E-state index contributed by atoms with van der Waals surface area (Å²) >= 11 is 0. The first-order valence-corrected chi connectivity index (χ1v) is 17.2. The number of hydrogen-bond acceptors (Lipinski definition) is 10. The second kappa shape index (κ2) is 13.4. The minimum absolute atomic E-state index is 0.209. The van der Waals surface area contributed by atoms with Crippen LogP contribution in [0.4, 0.5) is 10.2 Å². The fourth-order valence-electron chi connectivity index (χ4n) is 6.52. The maximum atomic E-state index is 13.4. The van der Waals surface area contributed by atoms with E-state index >= 15 is 0 Å². The summed E-state index contributed by atoms with van der Waals surface area (Å²) in [6.07, 6.45) is 10.3. The Bertz CT molecular complexity index is 2570. The molecule has 2 unspecified atom stereocenters. The van der Waals surface area contributed by atoms with Gasteiger partial charge in [0.05, 0.1) is 40.6 Å². The molecule has 0 radical (unpaired) electrons. The van der Waals surface area contributed by atoms with Gasteiger partial charge in [0, 0.05) is 48.5 Å². The average Bonchev–Trinajstić information content (AvgIpc) is 3.91. The zero-order valence-corrected chi connectivity index (χ0v) is 29.8. The SMILES string of the molecule is CC(NC(=O)c1cc(C#N)cnc1NCc1ccc(-c2cc3cn[nH]c3[n+](C3(C)OB(c4cnc5[nH]ncc5c4)OC3(C)C)c2)nc1)c1ccc(F)cc1. The molecule has 54 heavy (non-hydrogen) atoms. The molecule has 0 aliphatic carbocycles. The molecule has 7 heterocycles. The molecule has 7 aromatic rings. The van der Waals surface area contributed by atoms with E-state index in [9.17, 15) is 14.4 Å². The lowest BCUT2D eigenvalue weighted by Crippen LogP contribution is -2.64. The number of anilines is 1. The van der Waals surface area contributed by atoms with Crippen LogP contribution in [-0.2, 0) is 21.6 Å². The highest BCUT2D eigenvalue weighted by Crippen LogP contribution is 2.39. The predicted octanol–water partition coefficient (Wildman–Crippen LogP) is 4.59. The van der Waals surface area contributed by atoms with Gasteiger partial charge >= 0.3 is 12.8 Å². The molecule has 16 heteroatoms. The molecule has 0 bridgehead atoms. The number of carbonyl (C=O) groups excluding carboxylic acids is 1. The number of halogens is 1. The van der Waals surface area contributed by atoms with E-state index in [0.29, 0.717) is 23.7 Å². The second-order valence-corrected chi connectivity index (χ2v) is 13.8. The summed E-state index contributed by atoms with van der Waals surface area (Å²) in [6, 6.07) is 16.8. The quantitative estimate of drug-likeness (QED) is 0.122. The number of fused-ring (bicyclic) bond motifs is 2. The van der Waals surface area contributed by atoms with Gasteiger partial charge in [0.25, 0.3) is 5.91 Å². The van der Waals surface area contributed by atoms with Crippen molar-refractivity contribution in [1.29, 1.82) is 5.26 Å². The van der Waals surface area contributed by atoms with Crippen molar-refractivity contribution in [3.8, 4) is 17.3 Å². The van der Waals surface area contributed by atoms with E-state index in [1.807, 2.05) is 61.9 Å². The third-order valence-electron chi connectivity index (χ3n) is 9.93. The Balaban J connectivity index is 1.02. The molecule has 6 aromatic heterocycles. The van der Waals surface area contributed by atoms with Crippen molar-refractivity contribution in [3.63, 3.8) is 0 Å². The van der Waals surface area contributed by atoms with Crippen LogP contribution in [0.15, 0.2) is 91.8 Å². The van der Waals surface area contributed by atoms with E-state index in [4.69, 9.17) is 14.3 Å². The number of H-pyrrole nitrogens is 2. The maximum Gasteiger partial charge on any atom is 0.499 e. The van der Waals surface area contributed by atoms with Gasteiger partial charge in [-0.15, -0.1) is 5.10 Å². The summed E-state index contributed by atoms with van der Waals surface area (Å²) in [5, 5.41) is 31.7. The van der Waals surface area contributed by atoms with E-state index < -0.39 is 30.4 Å². The van der Waals surface area contributed by atoms with Gasteiger partial charge in [0.2, 0.25) is 5.72 Å². The monoisotopic (exact) mass is 722 g/mol. The first-order chi connectivity index (χ1) is 26.0. The van der Waals surface area contributed by atoms with Crippen LogP contribution in [0.25, 0.3) is 33.3 Å². The van der Waals surface area contributed by atoms with Gasteiger partial charge in [-0.3, -0.25) is 14.9 Å². The van der Waals surface area contributed by atoms with Gasteiger partial charge in [-0.05, 0) is 68.3 Å². The van der Waals surface area contributed by atoms with E-state index in [0.717, 1.165) is 38.6 Å². The van der Waals surface area contributed by atoms with Crippen LogP contribution in [0.5, 0.6) is 0 Å². The van der Waals surface area contributed by atoms with Crippen molar-refractivity contribution in [2.75, 3.05) is 5.32 Å². The summed E-state index contributed by atoms with van der Waals surface area (Å²) in [6.45, 7) is 8.06. The molecule has 2 atom stereocenters. The predicted molar refractivity (Wildman–Crippen MR) is 197 cm³/mol. The number of aromatic amines is 2. The maximum absolute atomic E-state index is 13.4. The van der Waals surface area contributed by atoms with Crippen molar-refractivity contribution in [2.24, 2.45) is 0 Å². The molecule has 14 nitrogen and oxygen atoms in total. The zero-order chi connectivity index (χ0) is 37.6. The first kappa shape index (κ1) is 34.5. The minimum Gasteiger partial charge on any atom is -0.395 e. The number of benzene rings is 1. The summed E-state index contributed by atoms with van der Waals surface area (Å²) in [5.74, 6) is -0.479. The van der Waals surface area contributed by atoms with Gasteiger partial charge in [0.1, 0.15) is 29.5 Å². The van der Waals surface area contributed by atoms with E-state index in [1.165, 1.54) is 24.4 Å². The van der Waals surface area contributed by atoms with Gasteiger partial charge in [-0.1, -0.05) is 23.3 Å². The van der Waals surface area contributed by atoms with Crippen LogP contribution in [0, 0.1) is 17.1 Å². The number of rotatable bonds is 9. The fourth-order valence-corrected chi connectivity index (χ4v) is 6.52. The lowest BCUT2D eigenvalue weighted by atomic mass is 9.80. The normalized spacial score (nSPS) is 17.1. The van der Waals surface area contributed by atoms with Crippen molar-refractivity contribution in [3.05, 3.63) is 120 Å². The van der Waals surface area contributed by atoms with Crippen LogP contribution in [-0.4, -0.2) is 54.0 Å². The van der Waals surface area contributed by atoms with Crippen molar-refractivity contribution in [1.82, 2.24) is 40.7 Å². The fraction of sp³-hybridized carbons (Fsp3) is 0.211. The van der Waals surface area contributed by atoms with Gasteiger partial charge in [-0.25, -0.2) is 18.9 Å². The summed E-state index contributed by atoms with van der Waals surface area (Å²) < 4.78 is 28.7. The van der Waals surface area contributed by atoms with Gasteiger partial charge in [-0.2, -0.15) is 10.4 Å². The standard InChI is InChI=1S/C38H33BFN11O3/c1-22(25-6-8-30(40)9-7-25)48-36(52)31-11-24(14-41)17-44-34(31)43-16-23-5-10-32(42-15-23)28-12-27-19-47-50-35(27)51(21-28)38(4)37(2,3)53-39(54-38)29-13-26-18-46-49-33(26)45-20-29/h5-13,15,17-22H,16H2,1-4H3,(H3,43,44,45,46,48,49,52)/p+1. The van der Waals surface area contributed by atoms with E-state index in [1.54, 1.807) is 43.8 Å². The van der Waals surface area contributed by atoms with Crippen molar-refractivity contribution in [2.45, 2.75) is 51.6 Å². The molecule has 1 aliphatic rings. The van der Waals surface area contributed by atoms with Gasteiger partial charge < -0.3 is 19.9 Å². The smallest absolute Gasteiger partial charge is 0.395 e.